The summed E-state index contributed by atoms with van der Waals surface area (Å²) in [6.45, 7) is 13.0. The number of fused-ring (bicyclic) bond motifs is 4. The van der Waals surface area contributed by atoms with Gasteiger partial charge >= 0.3 is 5.97 Å². The molecule has 214 valence electrons. The molecular formula is C37H39N2O3+. The zero-order valence-electron chi connectivity index (χ0n) is 25.4. The van der Waals surface area contributed by atoms with Crippen molar-refractivity contribution in [1.82, 2.24) is 0 Å². The highest BCUT2D eigenvalue weighted by molar-refractivity contribution is 6.00. The number of rotatable bonds is 3. The smallest absolute Gasteiger partial charge is 0.339 e. The van der Waals surface area contributed by atoms with Gasteiger partial charge in [-0.15, -0.1) is 0 Å². The average molecular weight is 560 g/mol. The Hall–Kier alpha value is -4.12. The van der Waals surface area contributed by atoms with Gasteiger partial charge in [0.1, 0.15) is 17.6 Å². The van der Waals surface area contributed by atoms with Crippen molar-refractivity contribution in [2.45, 2.75) is 84.4 Å². The SMILES string of the molecule is CC1=CC(C)(C)Nc2cc3c(cc21)C(c1ccccc1C(=O)OC1CCCC1)=c1cc2c(cc1O3)=[NH+]C(C)(C)C=C2C. The Morgan fingerprint density at radius 1 is 0.881 bits per heavy atom. The van der Waals surface area contributed by atoms with E-state index in [4.69, 9.17) is 9.47 Å². The normalized spacial score (nSPS) is 19.5. The van der Waals surface area contributed by atoms with E-state index in [9.17, 15) is 4.79 Å². The summed E-state index contributed by atoms with van der Waals surface area (Å²) in [5.41, 5.74) is 8.84. The first-order valence-corrected chi connectivity index (χ1v) is 15.2. The van der Waals surface area contributed by atoms with E-state index < -0.39 is 0 Å². The van der Waals surface area contributed by atoms with Crippen LogP contribution in [0.3, 0.4) is 0 Å². The van der Waals surface area contributed by atoms with Crippen LogP contribution in [0.2, 0.25) is 0 Å². The number of hydrogen-bond donors (Lipinski definition) is 2. The number of allylic oxidation sites excluding steroid dienone is 2. The van der Waals surface area contributed by atoms with Crippen LogP contribution in [0.5, 0.6) is 11.5 Å². The predicted molar refractivity (Wildman–Crippen MR) is 167 cm³/mol. The molecule has 0 radical (unpaired) electrons. The lowest BCUT2D eigenvalue weighted by Crippen LogP contribution is -2.89. The lowest BCUT2D eigenvalue weighted by molar-refractivity contribution is -0.568. The number of nitrogens with one attached hydrogen (secondary N) is 2. The maximum Gasteiger partial charge on any atom is 0.339 e. The lowest BCUT2D eigenvalue weighted by atomic mass is 9.84. The van der Waals surface area contributed by atoms with Crippen LogP contribution < -0.4 is 25.6 Å². The second-order valence-corrected chi connectivity index (χ2v) is 13.5. The van der Waals surface area contributed by atoms with Crippen molar-refractivity contribution in [3.05, 3.63) is 99.1 Å². The molecule has 0 bridgehead atoms. The molecule has 1 saturated carbocycles. The molecule has 0 atom stereocenters. The van der Waals surface area contributed by atoms with E-state index in [-0.39, 0.29) is 23.2 Å². The molecule has 1 fully saturated rings. The highest BCUT2D eigenvalue weighted by atomic mass is 16.5. The molecule has 0 saturated heterocycles. The second-order valence-electron chi connectivity index (χ2n) is 13.5. The Morgan fingerprint density at radius 3 is 2.40 bits per heavy atom. The maximum absolute atomic E-state index is 13.7. The zero-order chi connectivity index (χ0) is 29.4. The third-order valence-electron chi connectivity index (χ3n) is 8.91. The van der Waals surface area contributed by atoms with Crippen molar-refractivity contribution < 1.29 is 19.3 Å². The van der Waals surface area contributed by atoms with Crippen molar-refractivity contribution in [3.8, 4) is 11.5 Å². The molecule has 3 heterocycles. The molecule has 4 aliphatic rings. The van der Waals surface area contributed by atoms with E-state index in [0.717, 1.165) is 81.3 Å². The summed E-state index contributed by atoms with van der Waals surface area (Å²) in [4.78, 5) is 17.4. The van der Waals surface area contributed by atoms with E-state index in [1.807, 2.05) is 24.3 Å². The van der Waals surface area contributed by atoms with Gasteiger partial charge in [-0.1, -0.05) is 24.3 Å². The van der Waals surface area contributed by atoms with Crippen LogP contribution >= 0.6 is 0 Å². The molecule has 3 aromatic rings. The molecular weight excluding hydrogens is 520 g/mol. The minimum atomic E-state index is -0.255. The number of carbonyl (C=O) groups excluding carboxylic acids is 1. The molecule has 3 aromatic carbocycles. The fourth-order valence-corrected chi connectivity index (χ4v) is 7.24. The third-order valence-corrected chi connectivity index (χ3v) is 8.91. The Balaban J connectivity index is 1.51. The van der Waals surface area contributed by atoms with Gasteiger partial charge in [0.2, 0.25) is 5.36 Å². The predicted octanol–water partition coefficient (Wildman–Crippen LogP) is 5.64. The van der Waals surface area contributed by atoms with Crippen LogP contribution in [-0.4, -0.2) is 23.2 Å². The van der Waals surface area contributed by atoms with Gasteiger partial charge in [0.25, 0.3) is 0 Å². The van der Waals surface area contributed by atoms with Crippen molar-refractivity contribution in [1.29, 1.82) is 0 Å². The summed E-state index contributed by atoms with van der Waals surface area (Å²) in [7, 11) is 0. The fourth-order valence-electron chi connectivity index (χ4n) is 7.24. The topological polar surface area (TPSA) is 61.5 Å². The second kappa shape index (κ2) is 9.45. The number of esters is 1. The van der Waals surface area contributed by atoms with E-state index in [1.54, 1.807) is 0 Å². The number of ether oxygens (including phenoxy) is 2. The monoisotopic (exact) mass is 559 g/mol. The van der Waals surface area contributed by atoms with Crippen LogP contribution in [0.4, 0.5) is 5.69 Å². The van der Waals surface area contributed by atoms with Gasteiger partial charge in [0.15, 0.2) is 5.54 Å². The summed E-state index contributed by atoms with van der Waals surface area (Å²) < 4.78 is 12.8. The summed E-state index contributed by atoms with van der Waals surface area (Å²) in [5.74, 6) is 1.29. The van der Waals surface area contributed by atoms with Gasteiger partial charge in [-0.3, -0.25) is 0 Å². The Labute approximate surface area is 247 Å². The highest BCUT2D eigenvalue weighted by Gasteiger charge is 2.32. The van der Waals surface area contributed by atoms with Gasteiger partial charge in [0.05, 0.1) is 17.2 Å². The molecule has 0 spiro atoms. The van der Waals surface area contributed by atoms with E-state index in [0.29, 0.717) is 5.56 Å². The van der Waals surface area contributed by atoms with E-state index in [2.05, 4.69) is 88.3 Å². The van der Waals surface area contributed by atoms with Gasteiger partial charge in [-0.05, 0) is 94.4 Å². The van der Waals surface area contributed by atoms with Gasteiger partial charge in [0, 0.05) is 53.1 Å². The van der Waals surface area contributed by atoms with Crippen LogP contribution in [-0.2, 0) is 4.74 Å². The van der Waals surface area contributed by atoms with E-state index in [1.165, 1.54) is 11.1 Å². The molecule has 3 aliphatic heterocycles. The van der Waals surface area contributed by atoms with Crippen LogP contribution in [0.1, 0.15) is 99.8 Å². The Morgan fingerprint density at radius 2 is 1.62 bits per heavy atom. The summed E-state index contributed by atoms with van der Waals surface area (Å²) in [5, 5.41) is 5.69. The molecule has 0 amide bonds. The Bertz CT molecular complexity index is 1850. The number of anilines is 1. The molecule has 1 aliphatic carbocycles. The average Bonchev–Trinajstić information content (AvgIpc) is 3.42. The molecule has 5 nitrogen and oxygen atoms in total. The van der Waals surface area contributed by atoms with Crippen molar-refractivity contribution in [2.24, 2.45) is 0 Å². The molecule has 42 heavy (non-hydrogen) atoms. The quantitative estimate of drug-likeness (QED) is 0.319. The molecule has 7 rings (SSSR count). The first-order valence-electron chi connectivity index (χ1n) is 15.2. The van der Waals surface area contributed by atoms with Crippen molar-refractivity contribution in [2.75, 3.05) is 5.32 Å². The Kier molecular flexibility index (Phi) is 6.02. The van der Waals surface area contributed by atoms with Gasteiger partial charge in [-0.2, -0.15) is 0 Å². The first kappa shape index (κ1) is 26.8. The van der Waals surface area contributed by atoms with Crippen molar-refractivity contribution in [3.63, 3.8) is 0 Å². The first-order chi connectivity index (χ1) is 20.0. The zero-order valence-corrected chi connectivity index (χ0v) is 25.4. The van der Waals surface area contributed by atoms with Gasteiger partial charge < -0.3 is 14.8 Å². The van der Waals surface area contributed by atoms with Crippen LogP contribution in [0.15, 0.2) is 60.7 Å². The molecule has 2 N–H and O–H groups in total. The third kappa shape index (κ3) is 4.56. The maximum atomic E-state index is 13.7. The fraction of sp³-hybridized carbons (Fsp3) is 0.351. The standard InChI is InChI=1S/C37H38N2O3/c1-21-19-36(3,4)38-30-17-32-28(15-26(21)30)34(24-13-9-10-14-25(24)35(40)41-23-11-7-8-12-23)29-16-27-22(2)20-37(5,6)39-31(27)18-33(29)42-32/h9-10,13-20,23,38H,7-8,11-12H2,1-6H3/p+1. The number of carbonyl (C=O) groups is 1. The molecule has 5 heteroatoms. The summed E-state index contributed by atoms with van der Waals surface area (Å²) in [6, 6.07) is 16.6. The summed E-state index contributed by atoms with van der Waals surface area (Å²) >= 11 is 0. The number of benzene rings is 3. The molecule has 0 aromatic heterocycles. The molecule has 0 unspecified atom stereocenters. The van der Waals surface area contributed by atoms with Crippen LogP contribution in [0, 0.1) is 0 Å². The minimum absolute atomic E-state index is 0.00622. The number of hydrogen-bond acceptors (Lipinski definition) is 4. The minimum Gasteiger partial charge on any atom is -0.459 e. The largest absolute Gasteiger partial charge is 0.459 e. The van der Waals surface area contributed by atoms with Crippen LogP contribution in [0.25, 0.3) is 16.7 Å². The lowest BCUT2D eigenvalue weighted by Gasteiger charge is -2.33. The summed E-state index contributed by atoms with van der Waals surface area (Å²) in [6.07, 6.45) is 8.63. The van der Waals surface area contributed by atoms with Crippen molar-refractivity contribution >= 4 is 28.4 Å². The van der Waals surface area contributed by atoms with Gasteiger partial charge in [-0.25, -0.2) is 9.79 Å². The highest BCUT2D eigenvalue weighted by Crippen LogP contribution is 2.44. The van der Waals surface area contributed by atoms with E-state index >= 15 is 0 Å².